The van der Waals surface area contributed by atoms with Crippen molar-refractivity contribution in [3.8, 4) is 5.75 Å². The van der Waals surface area contributed by atoms with Crippen molar-refractivity contribution in [2.45, 2.75) is 13.0 Å². The summed E-state index contributed by atoms with van der Waals surface area (Å²) in [6.45, 7) is 0.434. The van der Waals surface area contributed by atoms with Gasteiger partial charge in [0.25, 0.3) is 0 Å². The summed E-state index contributed by atoms with van der Waals surface area (Å²) >= 11 is 12.6. The molecule has 0 aliphatic heterocycles. The lowest BCUT2D eigenvalue weighted by molar-refractivity contribution is -0.139. The second kappa shape index (κ2) is 9.49. The summed E-state index contributed by atoms with van der Waals surface area (Å²) in [7, 11) is 1.36. The van der Waals surface area contributed by atoms with Crippen LogP contribution >= 0.6 is 23.2 Å². The van der Waals surface area contributed by atoms with Gasteiger partial charge >= 0.3 is 5.97 Å². The number of ether oxygens (including phenoxy) is 2. The molecule has 144 valence electrons. The number of hydrogen-bond acceptors (Lipinski definition) is 4. The number of anilines is 2. The van der Waals surface area contributed by atoms with Crippen molar-refractivity contribution >= 4 is 40.5 Å². The predicted molar refractivity (Wildman–Crippen MR) is 113 cm³/mol. The average molecular weight is 416 g/mol. The molecule has 0 fully saturated rings. The fourth-order valence-corrected chi connectivity index (χ4v) is 3.13. The van der Waals surface area contributed by atoms with Gasteiger partial charge in [-0.2, -0.15) is 0 Å². The van der Waals surface area contributed by atoms with Crippen LogP contribution in [0.1, 0.15) is 11.1 Å². The number of carbonyl (C=O) groups is 1. The number of methoxy groups -OCH3 is 1. The monoisotopic (exact) mass is 415 g/mol. The Labute approximate surface area is 174 Å². The Hall–Kier alpha value is -2.69. The van der Waals surface area contributed by atoms with E-state index in [1.807, 2.05) is 48.5 Å². The molecule has 0 aliphatic carbocycles. The fraction of sp³-hybridized carbons (Fsp3) is 0.136. The van der Waals surface area contributed by atoms with E-state index in [0.717, 1.165) is 11.1 Å². The highest BCUT2D eigenvalue weighted by atomic mass is 35.5. The number of halogens is 2. The molecule has 28 heavy (non-hydrogen) atoms. The molecule has 0 radical (unpaired) electrons. The zero-order valence-electron chi connectivity index (χ0n) is 15.2. The van der Waals surface area contributed by atoms with Crippen LogP contribution in [-0.2, 0) is 22.6 Å². The first-order valence-electron chi connectivity index (χ1n) is 8.64. The third-order valence-electron chi connectivity index (χ3n) is 4.11. The van der Waals surface area contributed by atoms with E-state index in [1.54, 1.807) is 18.2 Å². The molecule has 0 saturated carbocycles. The van der Waals surface area contributed by atoms with Gasteiger partial charge < -0.3 is 14.8 Å². The summed E-state index contributed by atoms with van der Waals surface area (Å²) in [5.41, 5.74) is 3.04. The van der Waals surface area contributed by atoms with Gasteiger partial charge in [-0.3, -0.25) is 4.79 Å². The molecule has 0 amide bonds. The van der Waals surface area contributed by atoms with Crippen molar-refractivity contribution in [2.24, 2.45) is 0 Å². The van der Waals surface area contributed by atoms with Gasteiger partial charge in [-0.15, -0.1) is 0 Å². The number of benzene rings is 3. The molecule has 1 N–H and O–H groups in total. The molecule has 6 heteroatoms. The van der Waals surface area contributed by atoms with Crippen molar-refractivity contribution < 1.29 is 14.3 Å². The SMILES string of the molecule is COC(=O)Cc1ccc(OCc2ccccc2)cc1Nc1c(Cl)cccc1Cl. The summed E-state index contributed by atoms with van der Waals surface area (Å²) in [6.07, 6.45) is 0.111. The van der Waals surface area contributed by atoms with Crippen LogP contribution in [0.15, 0.2) is 66.7 Å². The summed E-state index contributed by atoms with van der Waals surface area (Å²) in [6, 6.07) is 20.6. The van der Waals surface area contributed by atoms with E-state index in [9.17, 15) is 4.79 Å². The lowest BCUT2D eigenvalue weighted by atomic mass is 10.1. The second-order valence-corrected chi connectivity index (χ2v) is 6.88. The van der Waals surface area contributed by atoms with Gasteiger partial charge in [-0.1, -0.05) is 65.7 Å². The molecule has 0 saturated heterocycles. The van der Waals surface area contributed by atoms with Crippen LogP contribution in [0.3, 0.4) is 0 Å². The minimum Gasteiger partial charge on any atom is -0.489 e. The molecule has 0 heterocycles. The molecule has 0 spiro atoms. The third kappa shape index (κ3) is 5.18. The Balaban J connectivity index is 1.88. The Kier molecular flexibility index (Phi) is 6.80. The van der Waals surface area contributed by atoms with Crippen molar-refractivity contribution in [2.75, 3.05) is 12.4 Å². The second-order valence-electron chi connectivity index (χ2n) is 6.07. The molecule has 3 aromatic carbocycles. The van der Waals surface area contributed by atoms with Gasteiger partial charge in [0, 0.05) is 11.8 Å². The molecule has 0 aliphatic rings. The number of para-hydroxylation sites is 1. The summed E-state index contributed by atoms with van der Waals surface area (Å²) in [5.74, 6) is 0.314. The molecule has 0 atom stereocenters. The smallest absolute Gasteiger partial charge is 0.310 e. The minimum absolute atomic E-state index is 0.111. The van der Waals surface area contributed by atoms with E-state index in [-0.39, 0.29) is 12.4 Å². The van der Waals surface area contributed by atoms with Crippen LogP contribution in [-0.4, -0.2) is 13.1 Å². The van der Waals surface area contributed by atoms with Gasteiger partial charge in [0.1, 0.15) is 12.4 Å². The largest absolute Gasteiger partial charge is 0.489 e. The van der Waals surface area contributed by atoms with E-state index < -0.39 is 0 Å². The maximum absolute atomic E-state index is 11.8. The number of carbonyl (C=O) groups excluding carboxylic acids is 1. The van der Waals surface area contributed by atoms with Crippen molar-refractivity contribution in [3.05, 3.63) is 87.9 Å². The van der Waals surface area contributed by atoms with E-state index >= 15 is 0 Å². The van der Waals surface area contributed by atoms with E-state index in [4.69, 9.17) is 32.7 Å². The first-order chi connectivity index (χ1) is 13.6. The lowest BCUT2D eigenvalue weighted by Crippen LogP contribution is -2.07. The van der Waals surface area contributed by atoms with Crippen molar-refractivity contribution in [1.82, 2.24) is 0 Å². The van der Waals surface area contributed by atoms with E-state index in [1.165, 1.54) is 7.11 Å². The average Bonchev–Trinajstić information content (AvgIpc) is 2.71. The van der Waals surface area contributed by atoms with Crippen LogP contribution in [0.2, 0.25) is 10.0 Å². The Morgan fingerprint density at radius 1 is 0.964 bits per heavy atom. The highest BCUT2D eigenvalue weighted by molar-refractivity contribution is 6.39. The maximum Gasteiger partial charge on any atom is 0.310 e. The first-order valence-corrected chi connectivity index (χ1v) is 9.40. The van der Waals surface area contributed by atoms with Gasteiger partial charge in [0.2, 0.25) is 0 Å². The molecule has 3 rings (SSSR count). The van der Waals surface area contributed by atoms with Gasteiger partial charge in [0.15, 0.2) is 0 Å². The topological polar surface area (TPSA) is 47.6 Å². The minimum atomic E-state index is -0.341. The van der Waals surface area contributed by atoms with E-state index in [2.05, 4.69) is 5.32 Å². The first kappa shape index (κ1) is 20.1. The standard InChI is InChI=1S/C22H19Cl2NO3/c1-27-21(26)12-16-10-11-17(28-14-15-6-3-2-4-7-15)13-20(16)25-22-18(23)8-5-9-19(22)24/h2-11,13,25H,12,14H2,1H3. The summed E-state index contributed by atoms with van der Waals surface area (Å²) < 4.78 is 10.7. The molecule has 0 aromatic heterocycles. The molecule has 3 aromatic rings. The molecular formula is C22H19Cl2NO3. The van der Waals surface area contributed by atoms with Crippen LogP contribution in [0.4, 0.5) is 11.4 Å². The van der Waals surface area contributed by atoms with Gasteiger partial charge in [-0.05, 0) is 29.3 Å². The molecule has 0 unspecified atom stereocenters. The van der Waals surface area contributed by atoms with Gasteiger partial charge in [-0.25, -0.2) is 0 Å². The quantitative estimate of drug-likeness (QED) is 0.478. The highest BCUT2D eigenvalue weighted by Gasteiger charge is 2.13. The number of hydrogen-bond donors (Lipinski definition) is 1. The fourth-order valence-electron chi connectivity index (χ4n) is 2.64. The zero-order chi connectivity index (χ0) is 19.9. The van der Waals surface area contributed by atoms with Crippen LogP contribution in [0.25, 0.3) is 0 Å². The lowest BCUT2D eigenvalue weighted by Gasteiger charge is -2.16. The third-order valence-corrected chi connectivity index (χ3v) is 4.74. The Bertz CT molecular complexity index is 941. The molecule has 0 bridgehead atoms. The van der Waals surface area contributed by atoms with Crippen LogP contribution < -0.4 is 10.1 Å². The van der Waals surface area contributed by atoms with Gasteiger partial charge in [0.05, 0.1) is 29.3 Å². The van der Waals surface area contributed by atoms with Crippen LogP contribution in [0, 0.1) is 0 Å². The Morgan fingerprint density at radius 3 is 2.36 bits per heavy atom. The number of esters is 1. The normalized spacial score (nSPS) is 10.4. The highest BCUT2D eigenvalue weighted by Crippen LogP contribution is 2.35. The Morgan fingerprint density at radius 2 is 1.68 bits per heavy atom. The predicted octanol–water partition coefficient (Wildman–Crippen LogP) is 6.03. The van der Waals surface area contributed by atoms with Crippen molar-refractivity contribution in [3.63, 3.8) is 0 Å². The number of nitrogens with one attached hydrogen (secondary N) is 1. The summed E-state index contributed by atoms with van der Waals surface area (Å²) in [4.78, 5) is 11.8. The zero-order valence-corrected chi connectivity index (χ0v) is 16.8. The van der Waals surface area contributed by atoms with Crippen LogP contribution in [0.5, 0.6) is 5.75 Å². The summed E-state index contributed by atoms with van der Waals surface area (Å²) in [5, 5.41) is 4.18. The number of rotatable bonds is 7. The van der Waals surface area contributed by atoms with E-state index in [0.29, 0.717) is 33.8 Å². The maximum atomic E-state index is 11.8. The molecular weight excluding hydrogens is 397 g/mol. The molecule has 4 nitrogen and oxygen atoms in total. The van der Waals surface area contributed by atoms with Crippen molar-refractivity contribution in [1.29, 1.82) is 0 Å².